The Bertz CT molecular complexity index is 950. The van der Waals surface area contributed by atoms with Crippen molar-refractivity contribution in [2.45, 2.75) is 16.6 Å². The minimum Gasteiger partial charge on any atom is -0.454 e. The molecule has 25 heavy (non-hydrogen) atoms. The van der Waals surface area contributed by atoms with Crippen LogP contribution < -0.4 is 9.47 Å². The number of rotatable bonds is 2. The van der Waals surface area contributed by atoms with E-state index in [1.807, 2.05) is 17.8 Å². The van der Waals surface area contributed by atoms with E-state index in [4.69, 9.17) is 14.5 Å². The molecule has 0 saturated heterocycles. The van der Waals surface area contributed by atoms with Crippen molar-refractivity contribution in [1.82, 2.24) is 0 Å². The highest BCUT2D eigenvalue weighted by Crippen LogP contribution is 2.47. The predicted molar refractivity (Wildman–Crippen MR) is 103 cm³/mol. The highest BCUT2D eigenvalue weighted by Gasteiger charge is 2.24. The summed E-state index contributed by atoms with van der Waals surface area (Å²) < 4.78 is 11.0. The summed E-state index contributed by atoms with van der Waals surface area (Å²) in [6, 6.07) is 18.9. The Morgan fingerprint density at radius 3 is 2.80 bits per heavy atom. The zero-order valence-electron chi connectivity index (χ0n) is 13.3. The van der Waals surface area contributed by atoms with Crippen molar-refractivity contribution in [2.75, 3.05) is 6.79 Å². The molecule has 3 aromatic rings. The van der Waals surface area contributed by atoms with Crippen LogP contribution in [0.1, 0.15) is 22.1 Å². The molecule has 3 nitrogen and oxygen atoms in total. The van der Waals surface area contributed by atoms with Crippen LogP contribution in [-0.2, 0) is 0 Å². The number of ether oxygens (including phenoxy) is 2. The van der Waals surface area contributed by atoms with E-state index < -0.39 is 0 Å². The van der Waals surface area contributed by atoms with Gasteiger partial charge in [-0.1, -0.05) is 24.3 Å². The molecular formula is C20H15NO2S2. The van der Waals surface area contributed by atoms with Gasteiger partial charge in [-0.3, -0.25) is 4.99 Å². The van der Waals surface area contributed by atoms with Crippen LogP contribution in [0, 0.1) is 0 Å². The summed E-state index contributed by atoms with van der Waals surface area (Å²) in [5.74, 6) is 1.67. The molecule has 0 radical (unpaired) electrons. The summed E-state index contributed by atoms with van der Waals surface area (Å²) in [7, 11) is 0. The van der Waals surface area contributed by atoms with E-state index in [0.717, 1.165) is 29.3 Å². The number of nitrogens with zero attached hydrogens (tertiary/aromatic N) is 1. The van der Waals surface area contributed by atoms with Gasteiger partial charge >= 0.3 is 0 Å². The average molecular weight is 365 g/mol. The molecule has 0 saturated carbocycles. The number of aliphatic imine (C=N–C) groups is 1. The minimum atomic E-state index is 0.291. The number of para-hydroxylation sites is 1. The second-order valence-corrected chi connectivity index (χ2v) is 8.12. The van der Waals surface area contributed by atoms with Gasteiger partial charge in [0.2, 0.25) is 6.79 Å². The fourth-order valence-corrected chi connectivity index (χ4v) is 5.06. The predicted octanol–water partition coefficient (Wildman–Crippen LogP) is 5.83. The summed E-state index contributed by atoms with van der Waals surface area (Å²) in [6.07, 6.45) is 0.888. The van der Waals surface area contributed by atoms with E-state index in [2.05, 4.69) is 53.9 Å². The van der Waals surface area contributed by atoms with Crippen LogP contribution in [0.4, 0.5) is 5.69 Å². The SMILES string of the molecule is c1csc(C2=Nc3ccccc3S[C@@H](c3ccc4c(c3)OCO4)C2)c1. The summed E-state index contributed by atoms with van der Waals surface area (Å²) in [5.41, 5.74) is 3.45. The van der Waals surface area contributed by atoms with Crippen molar-refractivity contribution in [1.29, 1.82) is 0 Å². The molecule has 0 spiro atoms. The lowest BCUT2D eigenvalue weighted by atomic mass is 10.0. The Morgan fingerprint density at radius 1 is 0.960 bits per heavy atom. The molecule has 0 amide bonds. The quantitative estimate of drug-likeness (QED) is 0.572. The monoisotopic (exact) mass is 365 g/mol. The fourth-order valence-electron chi connectivity index (χ4n) is 3.11. The van der Waals surface area contributed by atoms with Crippen molar-refractivity contribution < 1.29 is 9.47 Å². The van der Waals surface area contributed by atoms with E-state index in [0.29, 0.717) is 12.0 Å². The normalized spacial score (nSPS) is 18.4. The van der Waals surface area contributed by atoms with Crippen LogP contribution in [0.3, 0.4) is 0 Å². The lowest BCUT2D eigenvalue weighted by molar-refractivity contribution is 0.174. The Morgan fingerprint density at radius 2 is 1.88 bits per heavy atom. The zero-order valence-corrected chi connectivity index (χ0v) is 15.0. The van der Waals surface area contributed by atoms with Gasteiger partial charge in [0, 0.05) is 21.4 Å². The number of thiophene rings is 1. The maximum absolute atomic E-state index is 5.57. The molecule has 5 heteroatoms. The molecule has 1 atom stereocenters. The first-order chi connectivity index (χ1) is 12.4. The highest BCUT2D eigenvalue weighted by molar-refractivity contribution is 7.99. The van der Waals surface area contributed by atoms with E-state index in [1.54, 1.807) is 11.3 Å². The van der Waals surface area contributed by atoms with Gasteiger partial charge in [-0.15, -0.1) is 23.1 Å². The third-order valence-corrected chi connectivity index (χ3v) is 6.58. The maximum atomic E-state index is 5.57. The van der Waals surface area contributed by atoms with E-state index in [-0.39, 0.29) is 0 Å². The maximum Gasteiger partial charge on any atom is 0.231 e. The van der Waals surface area contributed by atoms with E-state index in [9.17, 15) is 0 Å². The highest BCUT2D eigenvalue weighted by atomic mass is 32.2. The molecular weight excluding hydrogens is 350 g/mol. The molecule has 0 aliphatic carbocycles. The van der Waals surface area contributed by atoms with Gasteiger partial charge in [-0.2, -0.15) is 0 Å². The van der Waals surface area contributed by atoms with Crippen molar-refractivity contribution in [3.63, 3.8) is 0 Å². The molecule has 0 unspecified atom stereocenters. The second-order valence-electron chi connectivity index (χ2n) is 5.93. The van der Waals surface area contributed by atoms with Crippen LogP contribution in [0.5, 0.6) is 11.5 Å². The molecule has 0 bridgehead atoms. The van der Waals surface area contributed by atoms with Crippen molar-refractivity contribution in [3.05, 3.63) is 70.4 Å². The van der Waals surface area contributed by atoms with Crippen LogP contribution in [-0.4, -0.2) is 12.5 Å². The van der Waals surface area contributed by atoms with E-state index in [1.165, 1.54) is 15.3 Å². The Balaban J connectivity index is 1.58. The Hall–Kier alpha value is -2.24. The molecule has 2 aliphatic rings. The second kappa shape index (κ2) is 6.24. The largest absolute Gasteiger partial charge is 0.454 e. The molecule has 0 N–H and O–H groups in total. The topological polar surface area (TPSA) is 30.8 Å². The molecule has 2 aliphatic heterocycles. The molecule has 1 aromatic heterocycles. The molecule has 124 valence electrons. The number of hydrogen-bond acceptors (Lipinski definition) is 5. The average Bonchev–Trinajstić information content (AvgIpc) is 3.29. The van der Waals surface area contributed by atoms with Gasteiger partial charge in [-0.25, -0.2) is 0 Å². The van der Waals surface area contributed by atoms with Crippen molar-refractivity contribution in [3.8, 4) is 11.5 Å². The van der Waals surface area contributed by atoms with Crippen LogP contribution >= 0.6 is 23.1 Å². The van der Waals surface area contributed by atoms with Crippen molar-refractivity contribution in [2.24, 2.45) is 4.99 Å². The summed E-state index contributed by atoms with van der Waals surface area (Å²) in [4.78, 5) is 7.44. The summed E-state index contributed by atoms with van der Waals surface area (Å²) in [6.45, 7) is 0.307. The van der Waals surface area contributed by atoms with Crippen LogP contribution in [0.25, 0.3) is 0 Å². The van der Waals surface area contributed by atoms with Gasteiger partial charge in [0.25, 0.3) is 0 Å². The Kier molecular flexibility index (Phi) is 3.76. The minimum absolute atomic E-state index is 0.291. The first kappa shape index (κ1) is 15.0. The molecule has 0 fully saturated rings. The summed E-state index contributed by atoms with van der Waals surface area (Å²) in [5, 5.41) is 2.40. The number of thioether (sulfide) groups is 1. The molecule has 3 heterocycles. The summed E-state index contributed by atoms with van der Waals surface area (Å²) >= 11 is 3.62. The van der Waals surface area contributed by atoms with Gasteiger partial charge in [0.15, 0.2) is 11.5 Å². The first-order valence-corrected chi connectivity index (χ1v) is 9.89. The standard InChI is InChI=1S/C20H15NO2S2/c1-2-5-19-14(4-1)21-15(18-6-3-9-24-18)11-20(25-19)13-7-8-16-17(10-13)23-12-22-16/h1-10,20H,11-12H2/t20-/m1/s1. The van der Waals surface area contributed by atoms with Crippen LogP contribution in [0.2, 0.25) is 0 Å². The number of benzene rings is 2. The molecule has 5 rings (SSSR count). The third kappa shape index (κ3) is 2.83. The third-order valence-electron chi connectivity index (χ3n) is 4.34. The van der Waals surface area contributed by atoms with Gasteiger partial charge in [-0.05, 0) is 41.3 Å². The van der Waals surface area contributed by atoms with Gasteiger partial charge < -0.3 is 9.47 Å². The molecule has 2 aromatic carbocycles. The number of fused-ring (bicyclic) bond motifs is 2. The number of hydrogen-bond donors (Lipinski definition) is 0. The van der Waals surface area contributed by atoms with Crippen LogP contribution in [0.15, 0.2) is 69.9 Å². The first-order valence-electron chi connectivity index (χ1n) is 8.13. The lowest BCUT2D eigenvalue weighted by Gasteiger charge is -2.16. The van der Waals surface area contributed by atoms with Gasteiger partial charge in [0.05, 0.1) is 11.4 Å². The Labute approximate surface area is 154 Å². The zero-order chi connectivity index (χ0) is 16.6. The smallest absolute Gasteiger partial charge is 0.231 e. The van der Waals surface area contributed by atoms with Gasteiger partial charge in [0.1, 0.15) is 0 Å². The van der Waals surface area contributed by atoms with Crippen molar-refractivity contribution >= 4 is 34.5 Å². The van der Waals surface area contributed by atoms with E-state index >= 15 is 0 Å². The lowest BCUT2D eigenvalue weighted by Crippen LogP contribution is -2.03. The fraction of sp³-hybridized carbons (Fsp3) is 0.150.